The van der Waals surface area contributed by atoms with Gasteiger partial charge in [0.25, 0.3) is 0 Å². The number of para-hydroxylation sites is 1. The summed E-state index contributed by atoms with van der Waals surface area (Å²) in [6.45, 7) is 3.15. The van der Waals surface area contributed by atoms with Gasteiger partial charge in [0.2, 0.25) is 0 Å². The van der Waals surface area contributed by atoms with E-state index in [1.807, 2.05) is 37.4 Å². The number of carboxylic acids is 1. The Morgan fingerprint density at radius 2 is 1.38 bits per heavy atom. The summed E-state index contributed by atoms with van der Waals surface area (Å²) in [5.74, 6) is -0.978. The lowest BCUT2D eigenvalue weighted by Gasteiger charge is -2.34. The van der Waals surface area contributed by atoms with Crippen LogP contribution < -0.4 is 9.59 Å². The van der Waals surface area contributed by atoms with Crippen LogP contribution in [0.2, 0.25) is 0 Å². The second kappa shape index (κ2) is 12.1. The van der Waals surface area contributed by atoms with Gasteiger partial charge in [0.15, 0.2) is 0 Å². The van der Waals surface area contributed by atoms with Crippen molar-refractivity contribution in [2.75, 3.05) is 20.1 Å². The number of unbranched alkanes of at least 4 members (excludes halogenated alkanes) is 9. The van der Waals surface area contributed by atoms with Gasteiger partial charge >= 0.3 is 0 Å². The zero-order valence-electron chi connectivity index (χ0n) is 15.6. The second-order valence-corrected chi connectivity index (χ2v) is 7.17. The number of nitrogens with zero attached hydrogens (tertiary/aromatic N) is 1. The highest BCUT2D eigenvalue weighted by molar-refractivity contribution is 5.69. The van der Waals surface area contributed by atoms with Crippen LogP contribution in [0.15, 0.2) is 30.3 Å². The minimum absolute atomic E-state index is 0.0431. The van der Waals surface area contributed by atoms with E-state index >= 15 is 0 Å². The van der Waals surface area contributed by atoms with Crippen LogP contribution in [-0.2, 0) is 4.79 Å². The molecular weight excluding hydrogens is 298 g/mol. The van der Waals surface area contributed by atoms with Crippen LogP contribution in [0.1, 0.15) is 71.1 Å². The van der Waals surface area contributed by atoms with E-state index in [2.05, 4.69) is 6.92 Å². The maximum Gasteiger partial charge on any atom is 0.132 e. The first-order valence-electron chi connectivity index (χ1n) is 9.68. The largest absolute Gasteiger partial charge is 0.544 e. The minimum atomic E-state index is -0.978. The summed E-state index contributed by atoms with van der Waals surface area (Å²) in [5, 5.41) is 11.1. The van der Waals surface area contributed by atoms with Crippen molar-refractivity contribution in [2.24, 2.45) is 0 Å². The molecule has 1 aromatic rings. The molecule has 0 bridgehead atoms. The van der Waals surface area contributed by atoms with Gasteiger partial charge in [-0.2, -0.15) is 0 Å². The van der Waals surface area contributed by atoms with Crippen LogP contribution in [0.3, 0.4) is 0 Å². The monoisotopic (exact) mass is 333 g/mol. The molecule has 1 rings (SSSR count). The molecule has 0 aliphatic rings. The van der Waals surface area contributed by atoms with Crippen molar-refractivity contribution in [3.8, 4) is 0 Å². The minimum Gasteiger partial charge on any atom is -0.544 e. The highest BCUT2D eigenvalue weighted by atomic mass is 16.4. The van der Waals surface area contributed by atoms with Gasteiger partial charge in [0.1, 0.15) is 12.2 Å². The highest BCUT2D eigenvalue weighted by Crippen LogP contribution is 2.21. The van der Waals surface area contributed by atoms with Crippen molar-refractivity contribution in [1.82, 2.24) is 4.48 Å². The van der Waals surface area contributed by atoms with Gasteiger partial charge in [-0.3, -0.25) is 4.48 Å². The van der Waals surface area contributed by atoms with E-state index in [4.69, 9.17) is 0 Å². The third-order valence-electron chi connectivity index (χ3n) is 4.86. The molecule has 1 aromatic carbocycles. The van der Waals surface area contributed by atoms with Crippen LogP contribution in [0, 0.1) is 0 Å². The Balaban J connectivity index is 2.25. The van der Waals surface area contributed by atoms with Crippen molar-refractivity contribution < 1.29 is 9.90 Å². The average molecular weight is 334 g/mol. The quantitative estimate of drug-likeness (QED) is 0.376. The molecular formula is C21H35NO2. The van der Waals surface area contributed by atoms with Gasteiger partial charge in [-0.25, -0.2) is 0 Å². The summed E-state index contributed by atoms with van der Waals surface area (Å²) in [4.78, 5) is 11.1. The molecule has 0 radical (unpaired) electrons. The Morgan fingerprint density at radius 1 is 0.875 bits per heavy atom. The number of carboxylic acid groups (broad SMARTS) is 1. The maximum absolute atomic E-state index is 11.1. The molecule has 0 N–H and O–H groups in total. The summed E-state index contributed by atoms with van der Waals surface area (Å²) in [6.07, 6.45) is 13.0. The number of likely N-dealkylation sites (N-methyl/N-ethyl adjacent to an activating group) is 1. The summed E-state index contributed by atoms with van der Waals surface area (Å²) in [6, 6.07) is 9.94. The lowest BCUT2D eigenvalue weighted by molar-refractivity contribution is -0.305. The van der Waals surface area contributed by atoms with E-state index in [1.54, 1.807) is 0 Å². The summed E-state index contributed by atoms with van der Waals surface area (Å²) in [7, 11) is 2.00. The first kappa shape index (κ1) is 20.7. The average Bonchev–Trinajstić information content (AvgIpc) is 2.57. The number of carbonyl (C=O) groups is 1. The molecule has 0 saturated carbocycles. The zero-order valence-corrected chi connectivity index (χ0v) is 15.6. The van der Waals surface area contributed by atoms with E-state index < -0.39 is 5.97 Å². The molecule has 136 valence electrons. The molecule has 0 aliphatic carbocycles. The van der Waals surface area contributed by atoms with Crippen LogP contribution in [0.25, 0.3) is 0 Å². The van der Waals surface area contributed by atoms with E-state index in [0.717, 1.165) is 18.7 Å². The molecule has 3 nitrogen and oxygen atoms in total. The molecule has 3 heteroatoms. The standard InChI is InChI=1S/C21H35NO2/c1-3-4-5-6-7-8-9-10-11-15-18-22(2,19-21(23)24)20-16-13-12-14-17-20/h12-14,16-17H,3-11,15,18-19H2,1-2H3. The van der Waals surface area contributed by atoms with Crippen LogP contribution in [-0.4, -0.2) is 26.1 Å². The number of quaternary nitrogens is 1. The third-order valence-corrected chi connectivity index (χ3v) is 4.86. The van der Waals surface area contributed by atoms with Crippen LogP contribution >= 0.6 is 0 Å². The number of hydrogen-bond donors (Lipinski definition) is 0. The Labute approximate surface area is 148 Å². The number of rotatable bonds is 14. The van der Waals surface area contributed by atoms with Crippen LogP contribution in [0.5, 0.6) is 0 Å². The van der Waals surface area contributed by atoms with Crippen molar-refractivity contribution in [3.05, 3.63) is 30.3 Å². The Bertz CT molecular complexity index is 446. The molecule has 0 fully saturated rings. The predicted octanol–water partition coefficient (Wildman–Crippen LogP) is 4.29. The molecule has 0 amide bonds. The summed E-state index contributed by atoms with van der Waals surface area (Å²) < 4.78 is 0.431. The second-order valence-electron chi connectivity index (χ2n) is 7.17. The van der Waals surface area contributed by atoms with E-state index in [9.17, 15) is 9.90 Å². The van der Waals surface area contributed by atoms with Crippen LogP contribution in [0.4, 0.5) is 5.69 Å². The maximum atomic E-state index is 11.1. The molecule has 0 aliphatic heterocycles. The molecule has 24 heavy (non-hydrogen) atoms. The third kappa shape index (κ3) is 8.49. The van der Waals surface area contributed by atoms with Crippen molar-refractivity contribution in [1.29, 1.82) is 0 Å². The molecule has 0 saturated heterocycles. The van der Waals surface area contributed by atoms with E-state index in [1.165, 1.54) is 57.8 Å². The molecule has 0 heterocycles. The van der Waals surface area contributed by atoms with E-state index in [0.29, 0.717) is 4.48 Å². The number of aliphatic carboxylic acids is 1. The fourth-order valence-electron chi connectivity index (χ4n) is 3.32. The first-order valence-corrected chi connectivity index (χ1v) is 9.68. The molecule has 0 aromatic heterocycles. The van der Waals surface area contributed by atoms with Crippen molar-refractivity contribution >= 4 is 11.7 Å². The number of hydrogen-bond acceptors (Lipinski definition) is 2. The fourth-order valence-corrected chi connectivity index (χ4v) is 3.32. The number of carbonyl (C=O) groups excluding carboxylic acids is 1. The summed E-state index contributed by atoms with van der Waals surface area (Å²) in [5.41, 5.74) is 1.05. The first-order chi connectivity index (χ1) is 11.6. The molecule has 0 spiro atoms. The van der Waals surface area contributed by atoms with Gasteiger partial charge in [0.05, 0.1) is 19.6 Å². The highest BCUT2D eigenvalue weighted by Gasteiger charge is 2.24. The lowest BCUT2D eigenvalue weighted by atomic mass is 10.1. The molecule has 1 unspecified atom stereocenters. The Morgan fingerprint density at radius 3 is 1.88 bits per heavy atom. The van der Waals surface area contributed by atoms with Gasteiger partial charge in [-0.05, 0) is 25.0 Å². The Hall–Kier alpha value is -1.35. The summed E-state index contributed by atoms with van der Waals surface area (Å²) >= 11 is 0. The van der Waals surface area contributed by atoms with Gasteiger partial charge in [0, 0.05) is 0 Å². The SMILES string of the molecule is CCCCCCCCCCCC[N+](C)(CC(=O)[O-])c1ccccc1. The topological polar surface area (TPSA) is 40.1 Å². The predicted molar refractivity (Wildman–Crippen MR) is 101 cm³/mol. The van der Waals surface area contributed by atoms with Gasteiger partial charge in [-0.15, -0.1) is 0 Å². The Kier molecular flexibility index (Phi) is 10.4. The van der Waals surface area contributed by atoms with E-state index in [-0.39, 0.29) is 6.54 Å². The fraction of sp³-hybridized carbons (Fsp3) is 0.667. The molecule has 1 atom stereocenters. The normalized spacial score (nSPS) is 13.6. The van der Waals surface area contributed by atoms with Crippen molar-refractivity contribution in [2.45, 2.75) is 71.1 Å². The van der Waals surface area contributed by atoms with Crippen molar-refractivity contribution in [3.63, 3.8) is 0 Å². The lowest BCUT2D eigenvalue weighted by Crippen LogP contribution is -2.53. The van der Waals surface area contributed by atoms with Gasteiger partial charge in [-0.1, -0.05) is 76.5 Å². The number of benzene rings is 1. The zero-order chi connectivity index (χ0) is 17.7. The smallest absolute Gasteiger partial charge is 0.132 e. The van der Waals surface area contributed by atoms with Gasteiger partial charge < -0.3 is 9.90 Å².